The van der Waals surface area contributed by atoms with Gasteiger partial charge in [0, 0.05) is 29.6 Å². The maximum absolute atomic E-state index is 8.71. The third-order valence-electron chi connectivity index (χ3n) is 2.16. The molecule has 1 N–H and O–H groups in total. The number of nitrogens with zero attached hydrogens (tertiary/aromatic N) is 1. The molecule has 0 radical (unpaired) electrons. The van der Waals surface area contributed by atoms with Gasteiger partial charge in [0.2, 0.25) is 0 Å². The molecular formula is C13H15ClN2S. The molecule has 17 heavy (non-hydrogen) atoms. The second-order valence-corrected chi connectivity index (χ2v) is 5.02. The number of nitrogens with one attached hydrogen (secondary N) is 1. The Labute approximate surface area is 112 Å². The summed E-state index contributed by atoms with van der Waals surface area (Å²) in [6.45, 7) is 5.34. The van der Waals surface area contributed by atoms with Gasteiger partial charge in [-0.15, -0.1) is 6.58 Å². The largest absolute Gasteiger partial charge is 0.312 e. The van der Waals surface area contributed by atoms with Crippen LogP contribution in [-0.2, 0) is 6.54 Å². The lowest BCUT2D eigenvalue weighted by molar-refractivity contribution is 0.732. The van der Waals surface area contributed by atoms with Crippen molar-refractivity contribution < 1.29 is 0 Å². The lowest BCUT2D eigenvalue weighted by Crippen LogP contribution is -2.16. The predicted octanol–water partition coefficient (Wildman–Crippen LogP) is 3.22. The van der Waals surface area contributed by atoms with Gasteiger partial charge in [0.05, 0.1) is 11.6 Å². The van der Waals surface area contributed by atoms with Gasteiger partial charge < -0.3 is 5.32 Å². The summed E-state index contributed by atoms with van der Waals surface area (Å²) in [6, 6.07) is 7.45. The summed E-state index contributed by atoms with van der Waals surface area (Å²) < 4.78 is 0. The second-order valence-electron chi connectivity index (χ2n) is 3.46. The minimum Gasteiger partial charge on any atom is -0.312 e. The highest BCUT2D eigenvalue weighted by molar-refractivity contribution is 7.99. The van der Waals surface area contributed by atoms with E-state index in [-0.39, 0.29) is 0 Å². The molecule has 0 heterocycles. The fourth-order valence-electron chi connectivity index (χ4n) is 1.29. The van der Waals surface area contributed by atoms with Crippen molar-refractivity contribution in [3.05, 3.63) is 47.0 Å². The number of halogens is 1. The molecule has 0 aromatic heterocycles. The fraction of sp³-hybridized carbons (Fsp3) is 0.308. The summed E-state index contributed by atoms with van der Waals surface area (Å²) in [5, 5.41) is 12.7. The highest BCUT2D eigenvalue weighted by atomic mass is 35.5. The van der Waals surface area contributed by atoms with Crippen LogP contribution in [0.1, 0.15) is 11.1 Å². The zero-order valence-corrected chi connectivity index (χ0v) is 11.2. The molecule has 0 amide bonds. The van der Waals surface area contributed by atoms with Crippen molar-refractivity contribution >= 4 is 23.4 Å². The summed E-state index contributed by atoms with van der Waals surface area (Å²) in [7, 11) is 0. The van der Waals surface area contributed by atoms with E-state index in [2.05, 4.69) is 18.0 Å². The molecule has 0 spiro atoms. The van der Waals surface area contributed by atoms with Crippen LogP contribution in [0.3, 0.4) is 0 Å². The first-order chi connectivity index (χ1) is 8.27. The third kappa shape index (κ3) is 5.27. The third-order valence-corrected chi connectivity index (χ3v) is 3.47. The molecule has 4 heteroatoms. The van der Waals surface area contributed by atoms with Crippen molar-refractivity contribution in [1.82, 2.24) is 5.32 Å². The van der Waals surface area contributed by atoms with Crippen LogP contribution in [0.4, 0.5) is 0 Å². The van der Waals surface area contributed by atoms with Gasteiger partial charge in [0.15, 0.2) is 0 Å². The van der Waals surface area contributed by atoms with Crippen LogP contribution in [-0.4, -0.2) is 18.1 Å². The summed E-state index contributed by atoms with van der Waals surface area (Å²) in [5.41, 5.74) is 1.62. The van der Waals surface area contributed by atoms with E-state index in [1.54, 1.807) is 12.1 Å². The van der Waals surface area contributed by atoms with Crippen molar-refractivity contribution in [2.75, 3.05) is 18.1 Å². The Kier molecular flexibility index (Phi) is 6.80. The zero-order chi connectivity index (χ0) is 12.5. The van der Waals surface area contributed by atoms with Gasteiger partial charge in [0.1, 0.15) is 0 Å². The lowest BCUT2D eigenvalue weighted by Gasteiger charge is -2.06. The number of hydrogen-bond donors (Lipinski definition) is 1. The fourth-order valence-corrected chi connectivity index (χ4v) is 2.16. The molecule has 0 saturated carbocycles. The quantitative estimate of drug-likeness (QED) is 0.608. The van der Waals surface area contributed by atoms with Gasteiger partial charge in [-0.1, -0.05) is 23.7 Å². The van der Waals surface area contributed by atoms with Gasteiger partial charge in [-0.2, -0.15) is 17.0 Å². The van der Waals surface area contributed by atoms with E-state index in [1.165, 1.54) is 0 Å². The minimum absolute atomic E-state index is 0.597. The number of rotatable bonds is 7. The van der Waals surface area contributed by atoms with Gasteiger partial charge in [-0.3, -0.25) is 0 Å². The summed E-state index contributed by atoms with van der Waals surface area (Å²) >= 11 is 7.90. The van der Waals surface area contributed by atoms with Crippen LogP contribution < -0.4 is 5.32 Å². The first-order valence-corrected chi connectivity index (χ1v) is 6.89. The van der Waals surface area contributed by atoms with Crippen molar-refractivity contribution in [1.29, 1.82) is 5.26 Å². The van der Waals surface area contributed by atoms with Crippen LogP contribution in [0.2, 0.25) is 5.02 Å². The molecule has 0 saturated heterocycles. The highest BCUT2D eigenvalue weighted by Crippen LogP contribution is 2.17. The number of thioether (sulfide) groups is 1. The molecule has 0 fully saturated rings. The maximum atomic E-state index is 8.71. The number of nitriles is 1. The Morgan fingerprint density at radius 1 is 1.53 bits per heavy atom. The molecule has 1 aromatic rings. The van der Waals surface area contributed by atoms with Crippen molar-refractivity contribution in [3.63, 3.8) is 0 Å². The highest BCUT2D eigenvalue weighted by Gasteiger charge is 2.01. The molecule has 0 atom stereocenters. The molecule has 2 nitrogen and oxygen atoms in total. The molecule has 90 valence electrons. The Balaban J connectivity index is 2.32. The van der Waals surface area contributed by atoms with E-state index < -0.39 is 0 Å². The zero-order valence-electron chi connectivity index (χ0n) is 9.58. The monoisotopic (exact) mass is 266 g/mol. The predicted molar refractivity (Wildman–Crippen MR) is 75.4 cm³/mol. The molecule has 0 bridgehead atoms. The van der Waals surface area contributed by atoms with E-state index in [9.17, 15) is 0 Å². The van der Waals surface area contributed by atoms with Gasteiger partial charge in [-0.25, -0.2) is 0 Å². The van der Waals surface area contributed by atoms with E-state index in [4.69, 9.17) is 16.9 Å². The standard InChI is InChI=1S/C13H15ClN2S/c1-2-6-17-7-5-16-10-12-4-3-11(9-15)8-13(12)14/h2-4,8,16H,1,5-7,10H2. The normalized spacial score (nSPS) is 9.88. The average molecular weight is 267 g/mol. The Morgan fingerprint density at radius 2 is 2.35 bits per heavy atom. The van der Waals surface area contributed by atoms with E-state index in [0.717, 1.165) is 30.2 Å². The maximum Gasteiger partial charge on any atom is 0.0992 e. The first-order valence-electron chi connectivity index (χ1n) is 5.36. The molecule has 0 aliphatic carbocycles. The van der Waals surface area contributed by atoms with Crippen molar-refractivity contribution in [2.45, 2.75) is 6.54 Å². The SMILES string of the molecule is C=CCSCCNCc1ccc(C#N)cc1Cl. The topological polar surface area (TPSA) is 35.8 Å². The van der Waals surface area contributed by atoms with Crippen molar-refractivity contribution in [2.24, 2.45) is 0 Å². The second kappa shape index (κ2) is 8.19. The van der Waals surface area contributed by atoms with Crippen LogP contribution >= 0.6 is 23.4 Å². The number of hydrogen-bond acceptors (Lipinski definition) is 3. The van der Waals surface area contributed by atoms with Crippen LogP contribution in [0.15, 0.2) is 30.9 Å². The molecule has 0 aliphatic rings. The average Bonchev–Trinajstić information content (AvgIpc) is 2.35. The Bertz CT molecular complexity index is 412. The molecule has 0 aliphatic heterocycles. The smallest absolute Gasteiger partial charge is 0.0992 e. The molecular weight excluding hydrogens is 252 g/mol. The van der Waals surface area contributed by atoms with Gasteiger partial charge in [-0.05, 0) is 17.7 Å². The lowest BCUT2D eigenvalue weighted by atomic mass is 10.1. The van der Waals surface area contributed by atoms with E-state index in [0.29, 0.717) is 10.6 Å². The summed E-state index contributed by atoms with van der Waals surface area (Å²) in [5.74, 6) is 2.04. The minimum atomic E-state index is 0.597. The van der Waals surface area contributed by atoms with Crippen molar-refractivity contribution in [3.8, 4) is 6.07 Å². The number of benzene rings is 1. The van der Waals surface area contributed by atoms with Crippen LogP contribution in [0.25, 0.3) is 0 Å². The van der Waals surface area contributed by atoms with E-state index in [1.807, 2.05) is 23.9 Å². The van der Waals surface area contributed by atoms with Crippen LogP contribution in [0.5, 0.6) is 0 Å². The van der Waals surface area contributed by atoms with E-state index >= 15 is 0 Å². The van der Waals surface area contributed by atoms with Crippen LogP contribution in [0, 0.1) is 11.3 Å². The first kappa shape index (κ1) is 14.1. The van der Waals surface area contributed by atoms with Gasteiger partial charge in [0.25, 0.3) is 0 Å². The Hall–Kier alpha value is -0.950. The summed E-state index contributed by atoms with van der Waals surface area (Å²) in [4.78, 5) is 0. The molecule has 1 aromatic carbocycles. The summed E-state index contributed by atoms with van der Waals surface area (Å²) in [6.07, 6.45) is 1.90. The molecule has 1 rings (SSSR count). The Morgan fingerprint density at radius 3 is 3.00 bits per heavy atom. The van der Waals surface area contributed by atoms with Gasteiger partial charge >= 0.3 is 0 Å². The molecule has 0 unspecified atom stereocenters.